The first kappa shape index (κ1) is 16.4. The number of rotatable bonds is 4. The molecule has 1 saturated carbocycles. The van der Waals surface area contributed by atoms with Crippen LogP contribution in [0.25, 0.3) is 0 Å². The van der Waals surface area contributed by atoms with E-state index in [1.165, 1.54) is 11.1 Å². The molecule has 1 aliphatic rings. The van der Waals surface area contributed by atoms with Crippen LogP contribution in [0.3, 0.4) is 0 Å². The molecule has 0 unspecified atom stereocenters. The highest BCUT2D eigenvalue weighted by atomic mass is 79.9. The molecule has 0 saturated heterocycles. The fourth-order valence-corrected chi connectivity index (χ4v) is 3.22. The largest absolute Gasteiger partial charge is 0.351 e. The van der Waals surface area contributed by atoms with Crippen LogP contribution in [0.5, 0.6) is 0 Å². The third-order valence-corrected chi connectivity index (χ3v) is 5.10. The number of hydrogen-bond acceptors (Lipinski definition) is 2. The van der Waals surface area contributed by atoms with Gasteiger partial charge in [0.15, 0.2) is 0 Å². The molecule has 1 N–H and O–H groups in total. The van der Waals surface area contributed by atoms with Crippen molar-refractivity contribution in [1.29, 1.82) is 0 Å². The summed E-state index contributed by atoms with van der Waals surface area (Å²) in [5.41, 5.74) is 0.225. The number of nitrogens with zero attached hydrogens (tertiary/aromatic N) is 2. The lowest BCUT2D eigenvalue weighted by molar-refractivity contribution is -0.123. The van der Waals surface area contributed by atoms with Gasteiger partial charge in [-0.25, -0.2) is 8.78 Å². The van der Waals surface area contributed by atoms with Crippen LogP contribution < -0.4 is 5.32 Å². The number of amides is 1. The first-order valence-electron chi connectivity index (χ1n) is 7.20. The van der Waals surface area contributed by atoms with Crippen molar-refractivity contribution in [3.8, 4) is 0 Å². The van der Waals surface area contributed by atoms with E-state index in [1.54, 1.807) is 6.92 Å². The van der Waals surface area contributed by atoms with Crippen molar-refractivity contribution in [1.82, 2.24) is 15.1 Å². The molecule has 4 nitrogen and oxygen atoms in total. The van der Waals surface area contributed by atoms with Gasteiger partial charge in [-0.15, -0.1) is 0 Å². The van der Waals surface area contributed by atoms with Gasteiger partial charge in [0.1, 0.15) is 12.2 Å². The van der Waals surface area contributed by atoms with Crippen molar-refractivity contribution in [2.24, 2.45) is 5.92 Å². The lowest BCUT2D eigenvalue weighted by Crippen LogP contribution is -2.42. The van der Waals surface area contributed by atoms with Gasteiger partial charge in [-0.1, -0.05) is 19.8 Å². The van der Waals surface area contributed by atoms with E-state index in [9.17, 15) is 13.6 Å². The third kappa shape index (κ3) is 3.81. The molecule has 1 fully saturated rings. The van der Waals surface area contributed by atoms with Gasteiger partial charge in [0.05, 0.1) is 10.2 Å². The quantitative estimate of drug-likeness (QED) is 0.888. The van der Waals surface area contributed by atoms with Crippen molar-refractivity contribution < 1.29 is 13.6 Å². The second kappa shape index (κ2) is 6.85. The SMILES string of the molecule is Cc1c(Br)c(C(F)F)nn1CC(=O)N[C@H]1CCCC[C@H]1C. The number of carbonyl (C=O) groups is 1. The molecule has 21 heavy (non-hydrogen) atoms. The molecule has 118 valence electrons. The number of aromatic nitrogens is 2. The van der Waals surface area contributed by atoms with E-state index >= 15 is 0 Å². The highest BCUT2D eigenvalue weighted by molar-refractivity contribution is 9.10. The molecule has 1 aromatic rings. The van der Waals surface area contributed by atoms with Gasteiger partial charge in [0, 0.05) is 6.04 Å². The van der Waals surface area contributed by atoms with E-state index in [0.29, 0.717) is 11.6 Å². The van der Waals surface area contributed by atoms with E-state index in [1.807, 2.05) is 0 Å². The smallest absolute Gasteiger partial charge is 0.283 e. The summed E-state index contributed by atoms with van der Waals surface area (Å²) in [5.74, 6) is 0.289. The van der Waals surface area contributed by atoms with Crippen LogP contribution in [-0.4, -0.2) is 21.7 Å². The fourth-order valence-electron chi connectivity index (χ4n) is 2.76. The maximum absolute atomic E-state index is 12.8. The topological polar surface area (TPSA) is 46.9 Å². The van der Waals surface area contributed by atoms with E-state index in [2.05, 4.69) is 33.3 Å². The predicted molar refractivity (Wildman–Crippen MR) is 79.2 cm³/mol. The molecule has 0 aromatic carbocycles. The zero-order valence-corrected chi connectivity index (χ0v) is 13.8. The molecule has 7 heteroatoms. The summed E-state index contributed by atoms with van der Waals surface area (Å²) in [6, 6.07) is 0.181. The Hall–Kier alpha value is -0.980. The van der Waals surface area contributed by atoms with Crippen molar-refractivity contribution in [2.75, 3.05) is 0 Å². The van der Waals surface area contributed by atoms with Crippen molar-refractivity contribution in [3.63, 3.8) is 0 Å². The van der Waals surface area contributed by atoms with Crippen LogP contribution in [0.4, 0.5) is 8.78 Å². The molecule has 1 aliphatic carbocycles. The number of nitrogens with one attached hydrogen (secondary N) is 1. The van der Waals surface area contributed by atoms with Gasteiger partial charge in [-0.05, 0) is 41.6 Å². The van der Waals surface area contributed by atoms with Gasteiger partial charge < -0.3 is 5.32 Å². The molecule has 1 aromatic heterocycles. The normalized spacial score (nSPS) is 22.6. The third-order valence-electron chi connectivity index (χ3n) is 4.12. The molecule has 1 heterocycles. The molecule has 2 atom stereocenters. The Morgan fingerprint density at radius 3 is 2.71 bits per heavy atom. The summed E-state index contributed by atoms with van der Waals surface area (Å²) in [4.78, 5) is 12.1. The lowest BCUT2D eigenvalue weighted by Gasteiger charge is -2.29. The molecular weight excluding hydrogens is 344 g/mol. The number of alkyl halides is 2. The van der Waals surface area contributed by atoms with Crippen LogP contribution in [0.15, 0.2) is 4.47 Å². The van der Waals surface area contributed by atoms with E-state index in [4.69, 9.17) is 0 Å². The zero-order valence-electron chi connectivity index (χ0n) is 12.2. The number of carbonyl (C=O) groups excluding carboxylic acids is 1. The highest BCUT2D eigenvalue weighted by Crippen LogP contribution is 2.29. The molecular formula is C14H20BrF2N3O. The first-order valence-corrected chi connectivity index (χ1v) is 7.99. The molecule has 0 bridgehead atoms. The van der Waals surface area contributed by atoms with Crippen molar-refractivity contribution in [2.45, 2.75) is 58.5 Å². The maximum atomic E-state index is 12.8. The standard InChI is InChI=1S/C14H20BrF2N3O/c1-8-5-3-4-6-10(8)18-11(21)7-20-9(2)12(15)13(19-20)14(16)17/h8,10,14H,3-7H2,1-2H3,(H,18,21)/t8-,10+/m1/s1. The number of hydrogen-bond donors (Lipinski definition) is 1. The Balaban J connectivity index is 2.01. The molecule has 1 amide bonds. The van der Waals surface area contributed by atoms with E-state index in [0.717, 1.165) is 19.3 Å². The minimum Gasteiger partial charge on any atom is -0.351 e. The Labute approximate surface area is 131 Å². The van der Waals surface area contributed by atoms with Crippen LogP contribution in [0.1, 0.15) is 50.4 Å². The summed E-state index contributed by atoms with van der Waals surface area (Å²) in [5, 5.41) is 6.82. The summed E-state index contributed by atoms with van der Waals surface area (Å²) < 4.78 is 27.2. The number of halogens is 3. The van der Waals surface area contributed by atoms with Crippen molar-refractivity contribution in [3.05, 3.63) is 15.9 Å². The molecule has 0 aliphatic heterocycles. The zero-order chi connectivity index (χ0) is 15.6. The highest BCUT2D eigenvalue weighted by Gasteiger charge is 2.24. The fraction of sp³-hybridized carbons (Fsp3) is 0.714. The second-order valence-corrected chi connectivity index (χ2v) is 6.47. The Morgan fingerprint density at radius 2 is 2.14 bits per heavy atom. The van der Waals surface area contributed by atoms with Gasteiger partial charge in [0.25, 0.3) is 6.43 Å². The van der Waals surface area contributed by atoms with Crippen molar-refractivity contribution >= 4 is 21.8 Å². The summed E-state index contributed by atoms with van der Waals surface area (Å²) >= 11 is 3.10. The molecule has 2 rings (SSSR count). The average Bonchev–Trinajstić information content (AvgIpc) is 2.70. The van der Waals surface area contributed by atoms with Gasteiger partial charge >= 0.3 is 0 Å². The summed E-state index contributed by atoms with van der Waals surface area (Å²) in [6.07, 6.45) is 1.78. The Kier molecular flexibility index (Phi) is 5.35. The van der Waals surface area contributed by atoms with Gasteiger partial charge in [-0.3, -0.25) is 9.48 Å². The summed E-state index contributed by atoms with van der Waals surface area (Å²) in [6.45, 7) is 3.77. The first-order chi connectivity index (χ1) is 9.90. The van der Waals surface area contributed by atoms with Gasteiger partial charge in [-0.2, -0.15) is 5.10 Å². The van der Waals surface area contributed by atoms with Crippen LogP contribution in [-0.2, 0) is 11.3 Å². The molecule has 0 spiro atoms. The monoisotopic (exact) mass is 363 g/mol. The summed E-state index contributed by atoms with van der Waals surface area (Å²) in [7, 11) is 0. The minimum absolute atomic E-state index is 0.0274. The van der Waals surface area contributed by atoms with Gasteiger partial charge in [0.2, 0.25) is 5.91 Å². The van der Waals surface area contributed by atoms with Crippen LogP contribution >= 0.6 is 15.9 Å². The second-order valence-electron chi connectivity index (χ2n) is 5.68. The minimum atomic E-state index is -2.65. The lowest BCUT2D eigenvalue weighted by atomic mass is 9.86. The molecule has 0 radical (unpaired) electrons. The van der Waals surface area contributed by atoms with Crippen LogP contribution in [0.2, 0.25) is 0 Å². The Bertz CT molecular complexity index is 519. The predicted octanol–water partition coefficient (Wildman–Crippen LogP) is 3.59. The van der Waals surface area contributed by atoms with E-state index < -0.39 is 6.43 Å². The van der Waals surface area contributed by atoms with E-state index in [-0.39, 0.29) is 28.7 Å². The Morgan fingerprint density at radius 1 is 1.48 bits per heavy atom. The maximum Gasteiger partial charge on any atom is 0.283 e. The van der Waals surface area contributed by atoms with Crippen LogP contribution in [0, 0.1) is 12.8 Å². The average molecular weight is 364 g/mol.